The summed E-state index contributed by atoms with van der Waals surface area (Å²) in [7, 11) is 1.75. The first-order valence-corrected chi connectivity index (χ1v) is 7.98. The fourth-order valence-corrected chi connectivity index (χ4v) is 2.66. The third kappa shape index (κ3) is 4.56. The lowest BCUT2D eigenvalue weighted by atomic mass is 10.0. The van der Waals surface area contributed by atoms with Crippen LogP contribution >= 0.6 is 0 Å². The smallest absolute Gasteiger partial charge is 0.410 e. The Kier molecular flexibility index (Phi) is 5.26. The van der Waals surface area contributed by atoms with E-state index in [-0.39, 0.29) is 18.0 Å². The number of piperidine rings is 1. The van der Waals surface area contributed by atoms with Gasteiger partial charge in [0, 0.05) is 26.2 Å². The van der Waals surface area contributed by atoms with Gasteiger partial charge in [-0.2, -0.15) is 0 Å². The minimum Gasteiger partial charge on any atom is -0.444 e. The number of aromatic nitrogens is 1. The summed E-state index contributed by atoms with van der Waals surface area (Å²) in [5.74, 6) is -0.168. The average molecular weight is 336 g/mol. The monoisotopic (exact) mass is 336 g/mol. The van der Waals surface area contributed by atoms with E-state index < -0.39 is 10.5 Å². The molecule has 0 saturated carbocycles. The van der Waals surface area contributed by atoms with Crippen LogP contribution in [0.25, 0.3) is 0 Å². The molecule has 8 nitrogen and oxygen atoms in total. The van der Waals surface area contributed by atoms with Crippen molar-refractivity contribution in [3.63, 3.8) is 0 Å². The molecule has 2 heterocycles. The van der Waals surface area contributed by atoms with Gasteiger partial charge in [-0.1, -0.05) is 0 Å². The molecule has 1 atom stereocenters. The first-order chi connectivity index (χ1) is 11.2. The molecule has 1 aromatic rings. The van der Waals surface area contributed by atoms with Crippen LogP contribution in [0.1, 0.15) is 33.6 Å². The molecule has 1 aliphatic heterocycles. The minimum atomic E-state index is -0.526. The van der Waals surface area contributed by atoms with Gasteiger partial charge < -0.3 is 24.7 Å². The number of rotatable bonds is 3. The summed E-state index contributed by atoms with van der Waals surface area (Å²) in [6.45, 7) is 7.00. The highest BCUT2D eigenvalue weighted by atomic mass is 16.6. The number of carbonyl (C=O) groups excluding carboxylic acids is 1. The van der Waals surface area contributed by atoms with Gasteiger partial charge in [0.25, 0.3) is 0 Å². The van der Waals surface area contributed by atoms with E-state index in [9.17, 15) is 14.9 Å². The van der Waals surface area contributed by atoms with Gasteiger partial charge >= 0.3 is 11.9 Å². The molecule has 24 heavy (non-hydrogen) atoms. The predicted molar refractivity (Wildman–Crippen MR) is 90.1 cm³/mol. The number of nitro groups is 1. The molecule has 2 rings (SSSR count). The van der Waals surface area contributed by atoms with Crippen molar-refractivity contribution in [2.75, 3.05) is 25.0 Å². The standard InChI is InChI=1S/C16H24N4O4/c1-16(2,3)24-15(21)18(4)13-6-5-9-19(11-13)12-7-8-14(17-10-12)20(22)23/h7-8,10,13H,5-6,9,11H2,1-4H3/t13-/m1/s1. The largest absolute Gasteiger partial charge is 0.444 e. The molecule has 0 spiro atoms. The summed E-state index contributed by atoms with van der Waals surface area (Å²) in [4.78, 5) is 30.0. The number of pyridine rings is 1. The number of amides is 1. The van der Waals surface area contributed by atoms with Crippen molar-refractivity contribution in [3.05, 3.63) is 28.4 Å². The summed E-state index contributed by atoms with van der Waals surface area (Å²) < 4.78 is 5.42. The van der Waals surface area contributed by atoms with Gasteiger partial charge in [0.1, 0.15) is 5.60 Å². The van der Waals surface area contributed by atoms with Gasteiger partial charge in [-0.15, -0.1) is 0 Å². The second kappa shape index (κ2) is 7.02. The van der Waals surface area contributed by atoms with Crippen molar-refractivity contribution < 1.29 is 14.5 Å². The van der Waals surface area contributed by atoms with E-state index >= 15 is 0 Å². The maximum Gasteiger partial charge on any atom is 0.410 e. The number of hydrogen-bond donors (Lipinski definition) is 0. The SMILES string of the molecule is CN(C(=O)OC(C)(C)C)[C@@H]1CCCN(c2ccc([N+](=O)[O-])nc2)C1. The van der Waals surface area contributed by atoms with Gasteiger partial charge in [-0.25, -0.2) is 4.79 Å². The van der Waals surface area contributed by atoms with Gasteiger partial charge in [0.15, 0.2) is 6.20 Å². The van der Waals surface area contributed by atoms with Gasteiger partial charge in [0.2, 0.25) is 0 Å². The van der Waals surface area contributed by atoms with Crippen LogP contribution in [0, 0.1) is 10.1 Å². The maximum atomic E-state index is 12.2. The molecule has 8 heteroatoms. The van der Waals surface area contributed by atoms with E-state index in [1.165, 1.54) is 12.3 Å². The zero-order valence-corrected chi connectivity index (χ0v) is 14.6. The Morgan fingerprint density at radius 3 is 2.71 bits per heavy atom. The van der Waals surface area contributed by atoms with Crippen LogP contribution in [0.4, 0.5) is 16.3 Å². The highest BCUT2D eigenvalue weighted by Crippen LogP contribution is 2.23. The van der Waals surface area contributed by atoms with E-state index in [0.29, 0.717) is 6.54 Å². The Morgan fingerprint density at radius 2 is 2.17 bits per heavy atom. The Balaban J connectivity index is 2.03. The van der Waals surface area contributed by atoms with Crippen molar-refractivity contribution >= 4 is 17.6 Å². The molecule has 0 unspecified atom stereocenters. The van der Waals surface area contributed by atoms with Gasteiger partial charge in [0.05, 0.1) is 11.7 Å². The van der Waals surface area contributed by atoms with Crippen LogP contribution in [0.15, 0.2) is 18.3 Å². The van der Waals surface area contributed by atoms with Crippen LogP contribution in [0.5, 0.6) is 0 Å². The molecule has 1 fully saturated rings. The number of carbonyl (C=O) groups is 1. The van der Waals surface area contributed by atoms with Crippen molar-refractivity contribution in [2.24, 2.45) is 0 Å². The van der Waals surface area contributed by atoms with Crippen LogP contribution in [0.2, 0.25) is 0 Å². The minimum absolute atomic E-state index is 0.0313. The summed E-state index contributed by atoms with van der Waals surface area (Å²) in [6, 6.07) is 3.13. The third-order valence-electron chi connectivity index (χ3n) is 3.91. The topological polar surface area (TPSA) is 88.8 Å². The van der Waals surface area contributed by atoms with E-state index in [1.54, 1.807) is 18.0 Å². The summed E-state index contributed by atoms with van der Waals surface area (Å²) >= 11 is 0. The molecule has 0 aromatic carbocycles. The predicted octanol–water partition coefficient (Wildman–Crippen LogP) is 2.83. The van der Waals surface area contributed by atoms with Crippen LogP contribution in [-0.4, -0.2) is 52.7 Å². The molecular formula is C16H24N4O4. The lowest BCUT2D eigenvalue weighted by molar-refractivity contribution is -0.389. The molecule has 1 saturated heterocycles. The lowest BCUT2D eigenvalue weighted by Gasteiger charge is -2.38. The Hall–Kier alpha value is -2.38. The number of nitrogens with zero attached hydrogens (tertiary/aromatic N) is 4. The van der Waals surface area contributed by atoms with Crippen LogP contribution in [0.3, 0.4) is 0 Å². The van der Waals surface area contributed by atoms with Crippen molar-refractivity contribution in [3.8, 4) is 0 Å². The Labute approximate surface area is 141 Å². The number of likely N-dealkylation sites (N-methyl/N-ethyl adjacent to an activating group) is 1. The summed E-state index contributed by atoms with van der Waals surface area (Å²) in [5.41, 5.74) is 0.296. The van der Waals surface area contributed by atoms with E-state index in [0.717, 1.165) is 25.1 Å². The highest BCUT2D eigenvalue weighted by Gasteiger charge is 2.29. The molecule has 0 aliphatic carbocycles. The van der Waals surface area contributed by atoms with Crippen molar-refractivity contribution in [2.45, 2.75) is 45.3 Å². The third-order valence-corrected chi connectivity index (χ3v) is 3.91. The fraction of sp³-hybridized carbons (Fsp3) is 0.625. The first-order valence-electron chi connectivity index (χ1n) is 7.98. The summed E-state index contributed by atoms with van der Waals surface area (Å²) in [6.07, 6.45) is 2.99. The molecule has 0 N–H and O–H groups in total. The average Bonchev–Trinajstić information content (AvgIpc) is 2.52. The molecule has 1 aromatic heterocycles. The zero-order valence-electron chi connectivity index (χ0n) is 14.6. The van der Waals surface area contributed by atoms with Crippen LogP contribution < -0.4 is 4.90 Å². The quantitative estimate of drug-likeness (QED) is 0.623. The highest BCUT2D eigenvalue weighted by molar-refractivity contribution is 5.68. The summed E-state index contributed by atoms with van der Waals surface area (Å²) in [5, 5.41) is 10.7. The fourth-order valence-electron chi connectivity index (χ4n) is 2.66. The van der Waals surface area contributed by atoms with E-state index in [4.69, 9.17) is 4.74 Å². The normalized spacial score (nSPS) is 18.2. The second-order valence-electron chi connectivity index (χ2n) is 6.97. The molecule has 0 bridgehead atoms. The van der Waals surface area contributed by atoms with Crippen molar-refractivity contribution in [1.82, 2.24) is 9.88 Å². The number of anilines is 1. The van der Waals surface area contributed by atoms with E-state index in [1.807, 2.05) is 20.8 Å². The first kappa shape index (κ1) is 18.0. The van der Waals surface area contributed by atoms with E-state index in [2.05, 4.69) is 9.88 Å². The molecule has 1 aliphatic rings. The van der Waals surface area contributed by atoms with Gasteiger partial charge in [-0.05, 0) is 49.6 Å². The lowest BCUT2D eigenvalue weighted by Crippen LogP contribution is -2.49. The van der Waals surface area contributed by atoms with Gasteiger partial charge in [-0.3, -0.25) is 0 Å². The Morgan fingerprint density at radius 1 is 1.46 bits per heavy atom. The molecular weight excluding hydrogens is 312 g/mol. The van der Waals surface area contributed by atoms with Crippen LogP contribution in [-0.2, 0) is 4.74 Å². The van der Waals surface area contributed by atoms with Crippen molar-refractivity contribution in [1.29, 1.82) is 0 Å². The zero-order chi connectivity index (χ0) is 17.9. The number of ether oxygens (including phenoxy) is 1. The molecule has 0 radical (unpaired) electrons. The second-order valence-corrected chi connectivity index (χ2v) is 6.97. The molecule has 1 amide bonds. The Bertz CT molecular complexity index is 597. The molecule has 132 valence electrons. The number of hydrogen-bond acceptors (Lipinski definition) is 6. The maximum absolute atomic E-state index is 12.2.